The maximum atomic E-state index is 10.6. The summed E-state index contributed by atoms with van der Waals surface area (Å²) < 4.78 is 0. The predicted octanol–water partition coefficient (Wildman–Crippen LogP) is 4.66. The number of hydrogen-bond acceptors (Lipinski definition) is 3. The number of aromatic hydroxyl groups is 2. The van der Waals surface area contributed by atoms with Crippen molar-refractivity contribution in [1.29, 1.82) is 0 Å². The van der Waals surface area contributed by atoms with Gasteiger partial charge in [-0.05, 0) is 81.6 Å². The van der Waals surface area contributed by atoms with E-state index >= 15 is 0 Å². The molecule has 4 aromatic rings. The fourth-order valence-corrected chi connectivity index (χ4v) is 5.17. The molecule has 30 heavy (non-hydrogen) atoms. The molecule has 0 amide bonds. The molecular weight excluding hydrogens is 374 g/mol. The van der Waals surface area contributed by atoms with Gasteiger partial charge in [-0.3, -0.25) is 0 Å². The molecule has 2 aliphatic carbocycles. The SMILES string of the molecule is NC(=Nc1c(O)cc2cccc3c2c1CC3)Nc1c(O)cc2cccc3c2c1CC3. The number of anilines is 1. The molecule has 0 aliphatic heterocycles. The van der Waals surface area contributed by atoms with E-state index in [1.165, 1.54) is 21.9 Å². The lowest BCUT2D eigenvalue weighted by molar-refractivity contribution is 0.477. The first-order valence-electron chi connectivity index (χ1n) is 10.2. The molecule has 5 nitrogen and oxygen atoms in total. The monoisotopic (exact) mass is 395 g/mol. The summed E-state index contributed by atoms with van der Waals surface area (Å²) in [4.78, 5) is 4.54. The molecular formula is C25H21N3O2. The first-order chi connectivity index (χ1) is 14.6. The van der Waals surface area contributed by atoms with Crippen LogP contribution in [-0.2, 0) is 25.7 Å². The average Bonchev–Trinajstić information content (AvgIpc) is 3.35. The van der Waals surface area contributed by atoms with E-state index in [2.05, 4.69) is 22.4 Å². The molecule has 0 radical (unpaired) electrons. The van der Waals surface area contributed by atoms with Crippen molar-refractivity contribution in [2.75, 3.05) is 5.32 Å². The molecule has 0 atom stereocenters. The summed E-state index contributed by atoms with van der Waals surface area (Å²) in [6, 6.07) is 15.8. The van der Waals surface area contributed by atoms with Gasteiger partial charge in [0.15, 0.2) is 5.96 Å². The van der Waals surface area contributed by atoms with Crippen LogP contribution in [0.1, 0.15) is 22.3 Å². The van der Waals surface area contributed by atoms with Crippen LogP contribution >= 0.6 is 0 Å². The third kappa shape index (κ3) is 2.38. The summed E-state index contributed by atoms with van der Waals surface area (Å²) in [6.07, 6.45) is 3.55. The Morgan fingerprint density at radius 3 is 2.10 bits per heavy atom. The van der Waals surface area contributed by atoms with Crippen LogP contribution in [0.15, 0.2) is 53.5 Å². The molecule has 4 aromatic carbocycles. The van der Waals surface area contributed by atoms with E-state index in [9.17, 15) is 10.2 Å². The van der Waals surface area contributed by atoms with E-state index in [0.717, 1.165) is 47.6 Å². The number of nitrogens with zero attached hydrogens (tertiary/aromatic N) is 1. The minimum Gasteiger partial charge on any atom is -0.506 e. The predicted molar refractivity (Wildman–Crippen MR) is 121 cm³/mol. The zero-order valence-electron chi connectivity index (χ0n) is 16.4. The van der Waals surface area contributed by atoms with Crippen molar-refractivity contribution in [3.05, 3.63) is 70.8 Å². The molecule has 0 bridgehead atoms. The number of phenols is 2. The molecule has 0 spiro atoms. The van der Waals surface area contributed by atoms with Gasteiger partial charge in [0.1, 0.15) is 17.2 Å². The second kappa shape index (κ2) is 6.13. The number of nitrogens with two attached hydrogens (primary N) is 1. The summed E-state index contributed by atoms with van der Waals surface area (Å²) in [5.74, 6) is 0.431. The molecule has 0 saturated heterocycles. The second-order valence-corrected chi connectivity index (χ2v) is 8.12. The van der Waals surface area contributed by atoms with Gasteiger partial charge in [0, 0.05) is 0 Å². The minimum absolute atomic E-state index is 0.121. The van der Waals surface area contributed by atoms with E-state index in [1.807, 2.05) is 24.3 Å². The highest BCUT2D eigenvalue weighted by atomic mass is 16.3. The fraction of sp³-hybridized carbons (Fsp3) is 0.160. The van der Waals surface area contributed by atoms with Crippen molar-refractivity contribution in [2.24, 2.45) is 10.7 Å². The quantitative estimate of drug-likeness (QED) is 0.226. The van der Waals surface area contributed by atoms with E-state index < -0.39 is 0 Å². The third-order valence-corrected chi connectivity index (χ3v) is 6.41. The van der Waals surface area contributed by atoms with Gasteiger partial charge in [-0.15, -0.1) is 0 Å². The van der Waals surface area contributed by atoms with Crippen LogP contribution in [0.3, 0.4) is 0 Å². The van der Waals surface area contributed by atoms with Crippen LogP contribution in [0.5, 0.6) is 11.5 Å². The standard InChI is InChI=1S/C25H21N3O2/c26-25(27-23-17-9-7-13-3-1-5-15(21(13)17)11-19(23)29)28-24-18-10-8-14-4-2-6-16(22(14)18)12-20(24)30/h1-6,11-12,29-30H,7-10H2,(H3,26,27,28). The number of benzene rings is 4. The van der Waals surface area contributed by atoms with Crippen molar-refractivity contribution in [2.45, 2.75) is 25.7 Å². The summed E-state index contributed by atoms with van der Waals surface area (Å²) in [6.45, 7) is 0. The molecule has 0 fully saturated rings. The number of aryl methyl sites for hydroxylation is 4. The lowest BCUT2D eigenvalue weighted by Crippen LogP contribution is -2.23. The normalized spacial score (nSPS) is 14.7. The fourth-order valence-electron chi connectivity index (χ4n) is 5.17. The zero-order valence-corrected chi connectivity index (χ0v) is 16.4. The summed E-state index contributed by atoms with van der Waals surface area (Å²) in [7, 11) is 0. The van der Waals surface area contributed by atoms with Crippen molar-refractivity contribution in [3.63, 3.8) is 0 Å². The van der Waals surface area contributed by atoms with Gasteiger partial charge >= 0.3 is 0 Å². The molecule has 6 rings (SSSR count). The smallest absolute Gasteiger partial charge is 0.198 e. The Labute approximate surface area is 173 Å². The topological polar surface area (TPSA) is 90.9 Å². The van der Waals surface area contributed by atoms with Gasteiger partial charge in [0.2, 0.25) is 0 Å². The molecule has 148 valence electrons. The highest BCUT2D eigenvalue weighted by Gasteiger charge is 2.23. The van der Waals surface area contributed by atoms with Gasteiger partial charge in [-0.25, -0.2) is 4.99 Å². The Kier molecular flexibility index (Phi) is 3.51. The largest absolute Gasteiger partial charge is 0.506 e. The van der Waals surface area contributed by atoms with Crippen molar-refractivity contribution < 1.29 is 10.2 Å². The summed E-state index contributed by atoms with van der Waals surface area (Å²) in [5.41, 5.74) is 12.0. The number of hydrogen-bond donors (Lipinski definition) is 4. The Morgan fingerprint density at radius 2 is 1.40 bits per heavy atom. The maximum Gasteiger partial charge on any atom is 0.198 e. The minimum atomic E-state index is 0.121. The van der Waals surface area contributed by atoms with E-state index in [1.54, 1.807) is 12.1 Å². The van der Waals surface area contributed by atoms with Gasteiger partial charge in [-0.1, -0.05) is 36.4 Å². The van der Waals surface area contributed by atoms with Crippen molar-refractivity contribution >= 4 is 38.9 Å². The summed E-state index contributed by atoms with van der Waals surface area (Å²) >= 11 is 0. The molecule has 2 aliphatic rings. The zero-order chi connectivity index (χ0) is 20.4. The van der Waals surface area contributed by atoms with Crippen LogP contribution in [-0.4, -0.2) is 16.2 Å². The van der Waals surface area contributed by atoms with Crippen molar-refractivity contribution in [1.82, 2.24) is 0 Å². The second-order valence-electron chi connectivity index (χ2n) is 8.12. The Hall–Kier alpha value is -3.73. The number of nitrogens with one attached hydrogen (secondary N) is 1. The molecule has 0 unspecified atom stereocenters. The highest BCUT2D eigenvalue weighted by Crippen LogP contribution is 2.44. The van der Waals surface area contributed by atoms with Gasteiger partial charge in [0.05, 0.1) is 5.69 Å². The highest BCUT2D eigenvalue weighted by molar-refractivity contribution is 6.04. The van der Waals surface area contributed by atoms with Gasteiger partial charge < -0.3 is 21.3 Å². The Balaban J connectivity index is 1.45. The third-order valence-electron chi connectivity index (χ3n) is 6.41. The molecule has 5 N–H and O–H groups in total. The van der Waals surface area contributed by atoms with Gasteiger partial charge in [0.25, 0.3) is 0 Å². The van der Waals surface area contributed by atoms with E-state index in [0.29, 0.717) is 11.4 Å². The molecule has 5 heteroatoms. The Morgan fingerprint density at radius 1 is 0.800 bits per heavy atom. The Bertz CT molecular complexity index is 1410. The number of rotatable bonds is 2. The van der Waals surface area contributed by atoms with Crippen LogP contribution in [0.4, 0.5) is 11.4 Å². The molecule has 0 heterocycles. The lowest BCUT2D eigenvalue weighted by atomic mass is 10.0. The van der Waals surface area contributed by atoms with Crippen molar-refractivity contribution in [3.8, 4) is 11.5 Å². The van der Waals surface area contributed by atoms with Crippen LogP contribution in [0.25, 0.3) is 21.5 Å². The van der Waals surface area contributed by atoms with Crippen LogP contribution in [0.2, 0.25) is 0 Å². The molecule has 0 saturated carbocycles. The number of guanidine groups is 1. The lowest BCUT2D eigenvalue weighted by Gasteiger charge is -2.14. The number of aliphatic imine (C=N–C) groups is 1. The van der Waals surface area contributed by atoms with Crippen LogP contribution < -0.4 is 11.1 Å². The first kappa shape index (κ1) is 17.2. The first-order valence-corrected chi connectivity index (χ1v) is 10.2. The van der Waals surface area contributed by atoms with E-state index in [4.69, 9.17) is 5.73 Å². The molecule has 0 aromatic heterocycles. The number of phenolic OH excluding ortho intramolecular Hbond substituents is 2. The maximum absolute atomic E-state index is 10.6. The van der Waals surface area contributed by atoms with Gasteiger partial charge in [-0.2, -0.15) is 0 Å². The van der Waals surface area contributed by atoms with E-state index in [-0.39, 0.29) is 17.5 Å². The summed E-state index contributed by atoms with van der Waals surface area (Å²) in [5, 5.41) is 28.8. The average molecular weight is 395 g/mol. The van der Waals surface area contributed by atoms with Crippen LogP contribution in [0, 0.1) is 0 Å².